The van der Waals surface area contributed by atoms with Crippen LogP contribution < -0.4 is 17.7 Å². The van der Waals surface area contributed by atoms with Crippen molar-refractivity contribution in [3.05, 3.63) is 35.4 Å². The summed E-state index contributed by atoms with van der Waals surface area (Å²) < 4.78 is 0. The average molecular weight is 213 g/mol. The Morgan fingerprint density at radius 2 is 1.71 bits per heavy atom. The fourth-order valence-corrected chi connectivity index (χ4v) is 1.21. The van der Waals surface area contributed by atoms with Crippen molar-refractivity contribution in [1.82, 2.24) is 5.32 Å². The number of benzene rings is 1. The van der Waals surface area contributed by atoms with Crippen LogP contribution in [0.3, 0.4) is 0 Å². The number of nitrogens with one attached hydrogen (secondary N) is 1. The molecule has 0 unspecified atom stereocenters. The Bertz CT molecular complexity index is 241. The molecule has 0 atom stereocenters. The first-order valence-corrected chi connectivity index (χ1v) is 4.94. The number of hydrogen-bond acceptors (Lipinski definition) is 1. The van der Waals surface area contributed by atoms with E-state index in [1.165, 1.54) is 11.1 Å². The summed E-state index contributed by atoms with van der Waals surface area (Å²) in [5.74, 6) is 0.727. The zero-order valence-corrected chi connectivity index (χ0v) is 9.93. The minimum Gasteiger partial charge on any atom is -1.00 e. The first-order chi connectivity index (χ1) is 6.18. The molecule has 0 heterocycles. The van der Waals surface area contributed by atoms with Gasteiger partial charge in [-0.2, -0.15) is 0 Å². The molecule has 0 saturated carbocycles. The average Bonchev–Trinajstić information content (AvgIpc) is 2.08. The molecule has 0 aliphatic carbocycles. The molecular weight excluding hydrogens is 194 g/mol. The van der Waals surface area contributed by atoms with Gasteiger partial charge in [-0.05, 0) is 24.9 Å². The fourth-order valence-electron chi connectivity index (χ4n) is 1.21. The van der Waals surface area contributed by atoms with Crippen molar-refractivity contribution >= 4 is 0 Å². The molecule has 0 bridgehead atoms. The summed E-state index contributed by atoms with van der Waals surface area (Å²) in [7, 11) is 0. The highest BCUT2D eigenvalue weighted by Gasteiger charge is 1.94. The highest BCUT2D eigenvalue weighted by Crippen LogP contribution is 2.02. The van der Waals surface area contributed by atoms with E-state index in [2.05, 4.69) is 50.4 Å². The van der Waals surface area contributed by atoms with Crippen LogP contribution in [-0.2, 0) is 6.54 Å². The number of hydrogen-bond donors (Lipinski definition) is 1. The maximum atomic E-state index is 3.42. The molecule has 1 nitrogen and oxygen atoms in total. The Morgan fingerprint density at radius 3 is 2.21 bits per heavy atom. The molecule has 0 saturated heterocycles. The predicted octanol–water partition coefficient (Wildman–Crippen LogP) is -0.255. The second kappa shape index (κ2) is 6.86. The Balaban J connectivity index is 0.00000169. The van der Waals surface area contributed by atoms with Gasteiger partial charge < -0.3 is 17.7 Å². The first-order valence-electron chi connectivity index (χ1n) is 4.94. The molecule has 0 spiro atoms. The van der Waals surface area contributed by atoms with Gasteiger partial charge in [-0.3, -0.25) is 0 Å². The topological polar surface area (TPSA) is 12.0 Å². The molecule has 1 aromatic carbocycles. The van der Waals surface area contributed by atoms with E-state index in [1.807, 2.05) is 0 Å². The summed E-state index contributed by atoms with van der Waals surface area (Å²) in [6.07, 6.45) is 0. The van der Waals surface area contributed by atoms with Crippen LogP contribution in [0, 0.1) is 12.8 Å². The third kappa shape index (κ3) is 5.25. The van der Waals surface area contributed by atoms with E-state index < -0.39 is 0 Å². The zero-order valence-electron chi connectivity index (χ0n) is 9.18. The van der Waals surface area contributed by atoms with E-state index in [-0.39, 0.29) is 12.4 Å². The van der Waals surface area contributed by atoms with Crippen molar-refractivity contribution in [2.45, 2.75) is 27.3 Å². The summed E-state index contributed by atoms with van der Waals surface area (Å²) in [4.78, 5) is 0. The van der Waals surface area contributed by atoms with Gasteiger partial charge in [-0.25, -0.2) is 0 Å². The maximum Gasteiger partial charge on any atom is 0.0205 e. The summed E-state index contributed by atoms with van der Waals surface area (Å²) in [6.45, 7) is 8.64. The van der Waals surface area contributed by atoms with Crippen LogP contribution in [-0.4, -0.2) is 6.54 Å². The maximum absolute atomic E-state index is 3.42. The third-order valence-electron chi connectivity index (χ3n) is 2.00. The van der Waals surface area contributed by atoms with Crippen LogP contribution in [0.2, 0.25) is 0 Å². The van der Waals surface area contributed by atoms with E-state index >= 15 is 0 Å². The van der Waals surface area contributed by atoms with E-state index in [9.17, 15) is 0 Å². The molecular formula is C12H19ClN-. The minimum atomic E-state index is 0. The van der Waals surface area contributed by atoms with Crippen molar-refractivity contribution in [2.24, 2.45) is 5.92 Å². The van der Waals surface area contributed by atoms with Crippen LogP contribution >= 0.6 is 0 Å². The van der Waals surface area contributed by atoms with Crippen molar-refractivity contribution in [1.29, 1.82) is 0 Å². The highest BCUT2D eigenvalue weighted by atomic mass is 35.5. The Hall–Kier alpha value is -0.530. The minimum absolute atomic E-state index is 0. The zero-order chi connectivity index (χ0) is 9.68. The van der Waals surface area contributed by atoms with Crippen molar-refractivity contribution in [3.8, 4) is 0 Å². The van der Waals surface area contributed by atoms with Gasteiger partial charge in [-0.1, -0.05) is 43.7 Å². The van der Waals surface area contributed by atoms with E-state index in [0.717, 1.165) is 19.0 Å². The molecule has 0 amide bonds. The lowest BCUT2D eigenvalue weighted by Gasteiger charge is -2.07. The number of aryl methyl sites for hydroxylation is 1. The van der Waals surface area contributed by atoms with Crippen LogP contribution in [0.25, 0.3) is 0 Å². The van der Waals surface area contributed by atoms with E-state index in [4.69, 9.17) is 0 Å². The summed E-state index contributed by atoms with van der Waals surface area (Å²) in [5, 5.41) is 3.42. The smallest absolute Gasteiger partial charge is 0.0205 e. The van der Waals surface area contributed by atoms with Gasteiger partial charge in [-0.15, -0.1) is 0 Å². The lowest BCUT2D eigenvalue weighted by molar-refractivity contribution is -0.00000301. The van der Waals surface area contributed by atoms with Crippen LogP contribution in [0.15, 0.2) is 24.3 Å². The molecule has 0 fully saturated rings. The van der Waals surface area contributed by atoms with Gasteiger partial charge in [0.25, 0.3) is 0 Å². The second-order valence-electron chi connectivity index (χ2n) is 4.01. The molecule has 1 rings (SSSR count). The quantitative estimate of drug-likeness (QED) is 0.726. The summed E-state index contributed by atoms with van der Waals surface area (Å²) >= 11 is 0. The normalized spacial score (nSPS) is 10.0. The molecule has 0 aliphatic rings. The van der Waals surface area contributed by atoms with Gasteiger partial charge in [0.1, 0.15) is 0 Å². The van der Waals surface area contributed by atoms with E-state index in [0.29, 0.717) is 0 Å². The molecule has 0 aromatic heterocycles. The Morgan fingerprint density at radius 1 is 1.14 bits per heavy atom. The standard InChI is InChI=1S/C12H19N.ClH/c1-10(2)8-13-9-12-6-4-11(3)5-7-12;/h4-7,10,13H,8-9H2,1-3H3;1H/p-1. The molecule has 14 heavy (non-hydrogen) atoms. The van der Waals surface area contributed by atoms with Crippen LogP contribution in [0.1, 0.15) is 25.0 Å². The number of rotatable bonds is 4. The molecule has 0 aliphatic heterocycles. The van der Waals surface area contributed by atoms with Gasteiger partial charge >= 0.3 is 0 Å². The molecule has 1 N–H and O–H groups in total. The van der Waals surface area contributed by atoms with Crippen molar-refractivity contribution in [2.75, 3.05) is 6.54 Å². The molecule has 1 aromatic rings. The highest BCUT2D eigenvalue weighted by molar-refractivity contribution is 5.20. The Kier molecular flexibility index (Phi) is 6.60. The SMILES string of the molecule is Cc1ccc(CNCC(C)C)cc1.[Cl-]. The van der Waals surface area contributed by atoms with Crippen LogP contribution in [0.4, 0.5) is 0 Å². The fraction of sp³-hybridized carbons (Fsp3) is 0.500. The van der Waals surface area contributed by atoms with Gasteiger partial charge in [0.15, 0.2) is 0 Å². The lowest BCUT2D eigenvalue weighted by atomic mass is 10.1. The monoisotopic (exact) mass is 212 g/mol. The Labute approximate surface area is 93.3 Å². The van der Waals surface area contributed by atoms with E-state index in [1.54, 1.807) is 0 Å². The number of halogens is 1. The molecule has 80 valence electrons. The van der Waals surface area contributed by atoms with Crippen molar-refractivity contribution in [3.63, 3.8) is 0 Å². The largest absolute Gasteiger partial charge is 1.00 e. The molecule has 2 heteroatoms. The predicted molar refractivity (Wildman–Crippen MR) is 57.7 cm³/mol. The van der Waals surface area contributed by atoms with Gasteiger partial charge in [0, 0.05) is 6.54 Å². The van der Waals surface area contributed by atoms with Crippen molar-refractivity contribution < 1.29 is 12.4 Å². The van der Waals surface area contributed by atoms with Crippen LogP contribution in [0.5, 0.6) is 0 Å². The lowest BCUT2D eigenvalue weighted by Crippen LogP contribution is -3.00. The first kappa shape index (κ1) is 13.5. The summed E-state index contributed by atoms with van der Waals surface area (Å²) in [5.41, 5.74) is 2.69. The second-order valence-corrected chi connectivity index (χ2v) is 4.01. The molecule has 0 radical (unpaired) electrons. The van der Waals surface area contributed by atoms with Gasteiger partial charge in [0.2, 0.25) is 0 Å². The summed E-state index contributed by atoms with van der Waals surface area (Å²) in [6, 6.07) is 8.68. The van der Waals surface area contributed by atoms with Gasteiger partial charge in [0.05, 0.1) is 0 Å². The third-order valence-corrected chi connectivity index (χ3v) is 2.00.